The van der Waals surface area contributed by atoms with Gasteiger partial charge in [-0.2, -0.15) is 26.3 Å². The molecule has 0 bridgehead atoms. The van der Waals surface area contributed by atoms with Crippen LogP contribution in [0.15, 0.2) is 328 Å². The van der Waals surface area contributed by atoms with E-state index in [9.17, 15) is 86.1 Å². The summed E-state index contributed by atoms with van der Waals surface area (Å²) in [7, 11) is 0. The molecular weight excluding hydrogens is 1730 g/mol. The number of aliphatic hydroxyl groups is 2. The van der Waals surface area contributed by atoms with E-state index < -0.39 is 62.4 Å². The van der Waals surface area contributed by atoms with E-state index >= 15 is 0 Å². The van der Waals surface area contributed by atoms with E-state index in [-0.39, 0.29) is 82.2 Å². The predicted octanol–water partition coefficient (Wildman–Crippen LogP) is 21.9. The Balaban J connectivity index is 0.000000122. The zero-order valence-corrected chi connectivity index (χ0v) is 73.7. The van der Waals surface area contributed by atoms with Crippen LogP contribution in [0.1, 0.15) is 139 Å². The second-order valence-corrected chi connectivity index (χ2v) is 34.0. The van der Waals surface area contributed by atoms with Gasteiger partial charge in [0.1, 0.15) is 55.8 Å². The molecule has 15 aromatic rings. The average molecular weight is 1820 g/mol. The van der Waals surface area contributed by atoms with Crippen LogP contribution in [0.25, 0.3) is 0 Å². The van der Waals surface area contributed by atoms with Gasteiger partial charge in [0.05, 0.1) is 41.4 Å². The normalized spacial score (nSPS) is 18.5. The Labute approximate surface area is 772 Å². The van der Waals surface area contributed by atoms with E-state index in [4.69, 9.17) is 11.6 Å². The van der Waals surface area contributed by atoms with Crippen LogP contribution < -0.4 is 26.6 Å². The molecule has 0 spiro atoms. The van der Waals surface area contributed by atoms with Crippen molar-refractivity contribution in [3.05, 3.63) is 472 Å². The predicted molar refractivity (Wildman–Crippen MR) is 503 cm³/mol. The standard InChI is InChI=1S/C22H18ClNO2.C22H16F3NO3.C22H16F3NO2.C22H19NO3.C22H19NO2/c1-13-3-5-15(6-4-13)22(16-7-9-17(25)10-8-16)18-11-12-19(23)14(2)20(18)24-21(22)26;23-22(24,25)18-3-1-2-17-19(18)26-20(29)21(17,15-8-10-16(28)11-9-15)14-6-4-13(12-27)5-7-14;1-13-5-7-14(8-6-13)21(15-9-11-16(27)12-10-15)17-3-2-4-18(22(23,24)25)19(17)26-20(21)28;1-14-3-2-4-19-20(14)23-21(26)22(19,17-9-11-18(25)12-10-17)16-7-5-15(13-24)6-8-16;1-14-6-8-16(9-7-14)22(17-10-12-18(24)13-11-17)19-5-3-4-15(2)20(19)23-21(22)25/h3-12,25H,1-2H3,(H,24,26);1-11,27-28H,12H2,(H,26,29);2-12,27H,1H3,(H,26,28);2-12,24-25H,13H2,1H3,(H,23,26);3-13,24H,1-2H3,(H,23,25). The number of carbonyl (C=O) groups excluding carboxylic acids is 5. The summed E-state index contributed by atoms with van der Waals surface area (Å²) in [6, 6.07) is 92.5. The number of aromatic hydroxyl groups is 5. The number of hydrogen-bond acceptors (Lipinski definition) is 12. The van der Waals surface area contributed by atoms with Crippen LogP contribution in [0.5, 0.6) is 28.7 Å². The van der Waals surface area contributed by atoms with Crippen molar-refractivity contribution >= 4 is 69.6 Å². The van der Waals surface area contributed by atoms with Crippen molar-refractivity contribution in [1.29, 1.82) is 0 Å². The molecule has 0 radical (unpaired) electrons. The Morgan fingerprint density at radius 2 is 0.455 bits per heavy atom. The van der Waals surface area contributed by atoms with Crippen molar-refractivity contribution in [2.75, 3.05) is 26.6 Å². The molecule has 0 saturated heterocycles. The van der Waals surface area contributed by atoms with E-state index in [1.54, 1.807) is 109 Å². The highest BCUT2D eigenvalue weighted by molar-refractivity contribution is 6.32. The summed E-state index contributed by atoms with van der Waals surface area (Å²) in [5.41, 5.74) is 11.9. The molecule has 674 valence electrons. The minimum Gasteiger partial charge on any atom is -0.508 e. The van der Waals surface area contributed by atoms with Gasteiger partial charge < -0.3 is 62.3 Å². The van der Waals surface area contributed by atoms with Gasteiger partial charge >= 0.3 is 12.4 Å². The number of aryl methyl sites for hydroxylation is 5. The van der Waals surface area contributed by atoms with Crippen molar-refractivity contribution < 1.29 is 86.1 Å². The molecule has 5 amide bonds. The van der Waals surface area contributed by atoms with Crippen molar-refractivity contribution in [3.63, 3.8) is 0 Å². The first-order chi connectivity index (χ1) is 64.1. The Hall–Kier alpha value is -15.6. The molecule has 20 rings (SSSR count). The molecule has 5 atom stereocenters. The average Bonchev–Trinajstić information content (AvgIpc) is 1.56. The Morgan fingerprint density at radius 3 is 0.694 bits per heavy atom. The van der Waals surface area contributed by atoms with Gasteiger partial charge in [-0.25, -0.2) is 0 Å². The first-order valence-electron chi connectivity index (χ1n) is 42.7. The number of benzene rings is 15. The largest absolute Gasteiger partial charge is 0.508 e. The fourth-order valence-corrected chi connectivity index (χ4v) is 19.1. The van der Waals surface area contributed by atoms with E-state index in [2.05, 4.69) is 26.6 Å². The number of phenolic OH excluding ortho intramolecular Hbond substituents is 5. The molecule has 134 heavy (non-hydrogen) atoms. The summed E-state index contributed by atoms with van der Waals surface area (Å²) >= 11 is 6.28. The summed E-state index contributed by atoms with van der Waals surface area (Å²) in [6.45, 7) is 11.6. The number of hydrogen-bond donors (Lipinski definition) is 12. The summed E-state index contributed by atoms with van der Waals surface area (Å²) in [5.74, 6) is -0.997. The topological polar surface area (TPSA) is 287 Å². The number of aliphatic hydroxyl groups excluding tert-OH is 2. The molecule has 0 fully saturated rings. The van der Waals surface area contributed by atoms with Crippen LogP contribution in [-0.2, 0) is 76.6 Å². The van der Waals surface area contributed by atoms with Gasteiger partial charge in [0.25, 0.3) is 0 Å². The van der Waals surface area contributed by atoms with Gasteiger partial charge in [-0.15, -0.1) is 0 Å². The molecule has 17 nitrogen and oxygen atoms in total. The van der Waals surface area contributed by atoms with Gasteiger partial charge in [0, 0.05) is 44.2 Å². The van der Waals surface area contributed by atoms with Gasteiger partial charge in [0.2, 0.25) is 29.5 Å². The van der Waals surface area contributed by atoms with E-state index in [1.165, 1.54) is 60.7 Å². The number of alkyl halides is 6. The highest BCUT2D eigenvalue weighted by atomic mass is 35.5. The van der Waals surface area contributed by atoms with Gasteiger partial charge in [-0.05, 0) is 204 Å². The summed E-state index contributed by atoms with van der Waals surface area (Å²) in [6.07, 6.45) is -9.23. The van der Waals surface area contributed by atoms with Crippen LogP contribution >= 0.6 is 11.6 Å². The SMILES string of the molecule is Cc1ccc(C2(c3ccc(O)cc3)C(=O)Nc3c(C(F)(F)F)cccc32)cc1.Cc1ccc(C2(c3ccc(O)cc3)C(=O)Nc3c(C)cccc32)cc1.Cc1ccc(C2(c3ccc(O)cc3)C(=O)Nc3c2ccc(Cl)c3C)cc1.Cc1cccc2c1NC(=O)C2(c1ccc(O)cc1)c1ccc(CO)cc1.O=C1Nc2c(C(F)(F)F)cccc2C1(c1ccc(O)cc1)c1ccc(CO)cc1. The number of amides is 5. The Bertz CT molecular complexity index is 6910. The van der Waals surface area contributed by atoms with Crippen molar-refractivity contribution in [1.82, 2.24) is 0 Å². The zero-order valence-electron chi connectivity index (χ0n) is 72.9. The number of halogens is 7. The van der Waals surface area contributed by atoms with Crippen LogP contribution in [0.2, 0.25) is 5.02 Å². The summed E-state index contributed by atoms with van der Waals surface area (Å²) in [4.78, 5) is 66.5. The third-order valence-corrected chi connectivity index (χ3v) is 26.1. The maximum atomic E-state index is 13.6. The van der Waals surface area contributed by atoms with Gasteiger partial charge in [0.15, 0.2) is 0 Å². The molecule has 5 unspecified atom stereocenters. The highest BCUT2D eigenvalue weighted by Crippen LogP contribution is 2.57. The second-order valence-electron chi connectivity index (χ2n) is 33.6. The molecule has 0 aliphatic carbocycles. The minimum atomic E-state index is -4.63. The van der Waals surface area contributed by atoms with E-state index in [1.807, 2.05) is 187 Å². The molecule has 12 N–H and O–H groups in total. The number of rotatable bonds is 12. The lowest BCUT2D eigenvalue weighted by Gasteiger charge is -2.29. The lowest BCUT2D eigenvalue weighted by molar-refractivity contribution is -0.137. The van der Waals surface area contributed by atoms with Crippen molar-refractivity contribution in [2.24, 2.45) is 0 Å². The quantitative estimate of drug-likeness (QED) is 0.0509. The smallest absolute Gasteiger partial charge is 0.418 e. The number of anilines is 5. The second kappa shape index (κ2) is 36.0. The molecule has 5 heterocycles. The monoisotopic (exact) mass is 1820 g/mol. The van der Waals surface area contributed by atoms with Crippen LogP contribution in [-0.4, -0.2) is 65.3 Å². The molecule has 0 saturated carbocycles. The first-order valence-corrected chi connectivity index (χ1v) is 43.0. The molecular formula is C110H88ClF6N5O12. The first kappa shape index (κ1) is 91.7. The summed E-state index contributed by atoms with van der Waals surface area (Å²) < 4.78 is 81.3. The minimum absolute atomic E-state index is 0.00507. The lowest BCUT2D eigenvalue weighted by atomic mass is 9.70. The number of carbonyl (C=O) groups is 5. The van der Waals surface area contributed by atoms with Gasteiger partial charge in [-0.3, -0.25) is 24.0 Å². The molecule has 0 aromatic heterocycles. The third kappa shape index (κ3) is 15.8. The number of fused-ring (bicyclic) bond motifs is 5. The lowest BCUT2D eigenvalue weighted by Crippen LogP contribution is -2.37. The molecule has 5 aliphatic rings. The fraction of sp³-hybridized carbons (Fsp3) is 0.136. The van der Waals surface area contributed by atoms with E-state index in [0.29, 0.717) is 32.8 Å². The highest BCUT2D eigenvalue weighted by Gasteiger charge is 2.57. The molecule has 5 aliphatic heterocycles. The maximum absolute atomic E-state index is 13.6. The Morgan fingerprint density at radius 1 is 0.254 bits per heavy atom. The van der Waals surface area contributed by atoms with E-state index in [0.717, 1.165) is 118 Å². The summed E-state index contributed by atoms with van der Waals surface area (Å²) in [5, 5.41) is 81.8. The van der Waals surface area contributed by atoms with Crippen LogP contribution in [0.4, 0.5) is 54.8 Å². The van der Waals surface area contributed by atoms with Crippen LogP contribution in [0, 0.1) is 41.5 Å². The third-order valence-electron chi connectivity index (χ3n) is 25.7. The van der Waals surface area contributed by atoms with Crippen molar-refractivity contribution in [3.8, 4) is 28.7 Å². The maximum Gasteiger partial charge on any atom is 0.418 e. The number of para-hydroxylation sites is 4. The number of nitrogens with one attached hydrogen (secondary N) is 5. The molecule has 15 aromatic carbocycles. The Kier molecular flexibility index (Phi) is 24.6. The zero-order chi connectivity index (χ0) is 95.3. The number of phenols is 5. The molecule has 24 heteroatoms. The van der Waals surface area contributed by atoms with Crippen molar-refractivity contribution in [2.45, 2.75) is 94.2 Å². The van der Waals surface area contributed by atoms with Gasteiger partial charge in [-0.1, -0.05) is 277 Å². The fourth-order valence-electron chi connectivity index (χ4n) is 19.0. The van der Waals surface area contributed by atoms with Crippen LogP contribution in [0.3, 0.4) is 0 Å².